The van der Waals surface area contributed by atoms with Gasteiger partial charge in [-0.3, -0.25) is 5.32 Å². The van der Waals surface area contributed by atoms with E-state index in [0.717, 1.165) is 30.2 Å². The minimum atomic E-state index is -0.425. The molecular formula is C12H22N6S. The molecule has 0 amide bonds. The van der Waals surface area contributed by atoms with E-state index in [-0.39, 0.29) is 0 Å². The number of nitrogens with zero attached hydrogens (tertiary/aromatic N) is 5. The van der Waals surface area contributed by atoms with Gasteiger partial charge < -0.3 is 0 Å². The molecule has 0 bridgehead atoms. The molecule has 0 spiro atoms. The zero-order chi connectivity index (χ0) is 14.3. The highest BCUT2D eigenvalue weighted by molar-refractivity contribution is 7.99. The fourth-order valence-corrected chi connectivity index (χ4v) is 2.73. The lowest BCUT2D eigenvalue weighted by atomic mass is 9.96. The van der Waals surface area contributed by atoms with Crippen LogP contribution in [0, 0.1) is 11.3 Å². The molecule has 0 saturated carbocycles. The molecule has 0 radical (unpaired) electrons. The number of hydrogen-bond acceptors (Lipinski definition) is 6. The minimum Gasteiger partial charge on any atom is -0.297 e. The summed E-state index contributed by atoms with van der Waals surface area (Å²) in [5, 5.41) is 24.7. The molecule has 1 atom stereocenters. The van der Waals surface area contributed by atoms with Crippen LogP contribution in [0.1, 0.15) is 40.0 Å². The number of nitriles is 1. The first kappa shape index (κ1) is 15.9. The van der Waals surface area contributed by atoms with Gasteiger partial charge in [0.15, 0.2) is 0 Å². The lowest BCUT2D eigenvalue weighted by molar-refractivity contribution is 0.372. The highest BCUT2D eigenvalue weighted by Crippen LogP contribution is 2.18. The highest BCUT2D eigenvalue weighted by atomic mass is 32.2. The monoisotopic (exact) mass is 282 g/mol. The molecule has 1 N–H and O–H groups in total. The molecule has 106 valence electrons. The van der Waals surface area contributed by atoms with Crippen LogP contribution in [0.2, 0.25) is 0 Å². The molecule has 1 aromatic rings. The van der Waals surface area contributed by atoms with Crippen molar-refractivity contribution in [1.29, 1.82) is 5.26 Å². The number of aryl methyl sites for hydroxylation is 1. The number of nitrogens with one attached hydrogen (secondary N) is 1. The van der Waals surface area contributed by atoms with Gasteiger partial charge in [-0.1, -0.05) is 11.8 Å². The summed E-state index contributed by atoms with van der Waals surface area (Å²) >= 11 is 1.65. The quantitative estimate of drug-likeness (QED) is 0.578. The van der Waals surface area contributed by atoms with Gasteiger partial charge in [0.1, 0.15) is 5.54 Å². The van der Waals surface area contributed by atoms with Gasteiger partial charge in [-0.15, -0.1) is 5.10 Å². The van der Waals surface area contributed by atoms with Crippen LogP contribution >= 0.6 is 11.8 Å². The number of rotatable bonds is 8. The second-order valence-corrected chi connectivity index (χ2v) is 6.20. The van der Waals surface area contributed by atoms with Crippen molar-refractivity contribution in [2.75, 3.05) is 5.75 Å². The first-order valence-corrected chi connectivity index (χ1v) is 7.49. The second-order valence-electron chi connectivity index (χ2n) is 5.13. The molecule has 1 aromatic heterocycles. The van der Waals surface area contributed by atoms with Crippen molar-refractivity contribution in [3.63, 3.8) is 0 Å². The molecule has 0 aliphatic rings. The molecule has 19 heavy (non-hydrogen) atoms. The Labute approximate surface area is 118 Å². The van der Waals surface area contributed by atoms with Crippen molar-refractivity contribution < 1.29 is 0 Å². The summed E-state index contributed by atoms with van der Waals surface area (Å²) in [6, 6.07) is 2.69. The van der Waals surface area contributed by atoms with Crippen LogP contribution in [0.5, 0.6) is 0 Å². The van der Waals surface area contributed by atoms with Crippen LogP contribution in [0.25, 0.3) is 0 Å². The van der Waals surface area contributed by atoms with E-state index < -0.39 is 5.54 Å². The van der Waals surface area contributed by atoms with Crippen molar-refractivity contribution >= 4 is 11.8 Å². The van der Waals surface area contributed by atoms with E-state index in [0.29, 0.717) is 6.04 Å². The Morgan fingerprint density at radius 2 is 2.21 bits per heavy atom. The third-order valence-electron chi connectivity index (χ3n) is 2.74. The third kappa shape index (κ3) is 5.57. The molecule has 0 aliphatic carbocycles. The van der Waals surface area contributed by atoms with Crippen LogP contribution in [-0.4, -0.2) is 37.5 Å². The molecule has 1 heterocycles. The summed E-state index contributed by atoms with van der Waals surface area (Å²) in [4.78, 5) is 0. The molecule has 7 heteroatoms. The van der Waals surface area contributed by atoms with E-state index in [9.17, 15) is 5.26 Å². The molecule has 6 nitrogen and oxygen atoms in total. The summed E-state index contributed by atoms with van der Waals surface area (Å²) in [7, 11) is 1.83. The summed E-state index contributed by atoms with van der Waals surface area (Å²) in [5.41, 5.74) is -0.425. The average molecular weight is 282 g/mol. The van der Waals surface area contributed by atoms with Crippen molar-refractivity contribution in [3.8, 4) is 6.07 Å². The Hall–Kier alpha value is -1.13. The molecule has 0 fully saturated rings. The Kier molecular flexibility index (Phi) is 6.25. The zero-order valence-corrected chi connectivity index (χ0v) is 12.9. The number of aromatic nitrogens is 4. The van der Waals surface area contributed by atoms with Crippen LogP contribution in [0.15, 0.2) is 5.16 Å². The largest absolute Gasteiger partial charge is 0.297 e. The van der Waals surface area contributed by atoms with Crippen LogP contribution in [0.4, 0.5) is 0 Å². The SMILES string of the molecule is CC(C)NC(C)(C#N)CCCCSc1nnnn1C. The van der Waals surface area contributed by atoms with Gasteiger partial charge >= 0.3 is 0 Å². The van der Waals surface area contributed by atoms with E-state index in [1.807, 2.05) is 14.0 Å². The molecule has 0 aliphatic heterocycles. The van der Waals surface area contributed by atoms with Gasteiger partial charge in [0.05, 0.1) is 6.07 Å². The summed E-state index contributed by atoms with van der Waals surface area (Å²) in [6.07, 6.45) is 2.93. The summed E-state index contributed by atoms with van der Waals surface area (Å²) in [6.45, 7) is 6.09. The van der Waals surface area contributed by atoms with E-state index >= 15 is 0 Å². The summed E-state index contributed by atoms with van der Waals surface area (Å²) in [5.74, 6) is 0.970. The Balaban J connectivity index is 2.23. The minimum absolute atomic E-state index is 0.323. The first-order valence-electron chi connectivity index (χ1n) is 6.51. The lowest BCUT2D eigenvalue weighted by Gasteiger charge is -2.25. The fraction of sp³-hybridized carbons (Fsp3) is 0.833. The molecule has 1 rings (SSSR count). The molecular weight excluding hydrogens is 260 g/mol. The van der Waals surface area contributed by atoms with Crippen molar-refractivity contribution in [1.82, 2.24) is 25.5 Å². The van der Waals surface area contributed by atoms with Crippen LogP contribution in [0.3, 0.4) is 0 Å². The molecule has 0 aromatic carbocycles. The van der Waals surface area contributed by atoms with E-state index in [1.165, 1.54) is 0 Å². The van der Waals surface area contributed by atoms with Crippen molar-refractivity contribution in [3.05, 3.63) is 0 Å². The van der Waals surface area contributed by atoms with Gasteiger partial charge in [-0.25, -0.2) is 4.68 Å². The highest BCUT2D eigenvalue weighted by Gasteiger charge is 2.23. The predicted octanol–water partition coefficient (Wildman–Crippen LogP) is 1.75. The van der Waals surface area contributed by atoms with Crippen LogP contribution < -0.4 is 5.32 Å². The predicted molar refractivity (Wildman–Crippen MR) is 75.7 cm³/mol. The third-order valence-corrected chi connectivity index (χ3v) is 3.83. The maximum atomic E-state index is 9.23. The van der Waals surface area contributed by atoms with Gasteiger partial charge in [0.2, 0.25) is 5.16 Å². The maximum absolute atomic E-state index is 9.23. The van der Waals surface area contributed by atoms with Gasteiger partial charge in [0.25, 0.3) is 0 Å². The maximum Gasteiger partial charge on any atom is 0.209 e. The van der Waals surface area contributed by atoms with E-state index in [1.54, 1.807) is 16.4 Å². The lowest BCUT2D eigenvalue weighted by Crippen LogP contribution is -2.44. The zero-order valence-electron chi connectivity index (χ0n) is 12.1. The van der Waals surface area contributed by atoms with E-state index in [4.69, 9.17) is 0 Å². The van der Waals surface area contributed by atoms with Crippen molar-refractivity contribution in [2.45, 2.75) is 56.8 Å². The van der Waals surface area contributed by atoms with Gasteiger partial charge in [-0.2, -0.15) is 5.26 Å². The number of hydrogen-bond donors (Lipinski definition) is 1. The normalized spacial score (nSPS) is 14.3. The smallest absolute Gasteiger partial charge is 0.209 e. The number of thioether (sulfide) groups is 1. The molecule has 0 saturated heterocycles. The first-order chi connectivity index (χ1) is 8.97. The van der Waals surface area contributed by atoms with Gasteiger partial charge in [0, 0.05) is 18.8 Å². The standard InChI is InChI=1S/C12H22N6S/c1-10(2)14-12(3,9-13)7-5-6-8-19-11-15-16-17-18(11)4/h10,14H,5-8H2,1-4H3. The van der Waals surface area contributed by atoms with E-state index in [2.05, 4.69) is 40.8 Å². The van der Waals surface area contributed by atoms with Crippen LogP contribution in [-0.2, 0) is 7.05 Å². The summed E-state index contributed by atoms with van der Waals surface area (Å²) < 4.78 is 1.67. The number of unbranched alkanes of at least 4 members (excludes halogenated alkanes) is 1. The van der Waals surface area contributed by atoms with Crippen molar-refractivity contribution in [2.24, 2.45) is 7.05 Å². The Bertz CT molecular complexity index is 424. The Morgan fingerprint density at radius 1 is 1.47 bits per heavy atom. The second kappa shape index (κ2) is 7.46. The fourth-order valence-electron chi connectivity index (χ4n) is 1.89. The molecule has 1 unspecified atom stereocenters. The topological polar surface area (TPSA) is 79.4 Å². The average Bonchev–Trinajstić information content (AvgIpc) is 2.74. The van der Waals surface area contributed by atoms with Gasteiger partial charge in [-0.05, 0) is 50.5 Å². The number of tetrazole rings is 1. The Morgan fingerprint density at radius 3 is 2.74 bits per heavy atom.